The predicted octanol–water partition coefficient (Wildman–Crippen LogP) is 1.04. The van der Waals surface area contributed by atoms with Crippen LogP contribution in [0.25, 0.3) is 0 Å². The van der Waals surface area contributed by atoms with E-state index in [-0.39, 0.29) is 0 Å². The summed E-state index contributed by atoms with van der Waals surface area (Å²) in [5.41, 5.74) is 0. The molecule has 0 spiro atoms. The molecule has 1 rings (SSSR count). The molecule has 0 aromatic rings. The van der Waals surface area contributed by atoms with Gasteiger partial charge >= 0.3 is 0 Å². The quantitative estimate of drug-likeness (QED) is 0.451. The average Bonchev–Trinajstić information content (AvgIpc) is 1.84. The Morgan fingerprint density at radius 3 is 2.43 bits per heavy atom. The van der Waals surface area contributed by atoms with Crippen LogP contribution < -0.4 is 0 Å². The molecule has 0 amide bonds. The van der Waals surface area contributed by atoms with Crippen LogP contribution in [0.3, 0.4) is 0 Å². The first-order valence-corrected chi connectivity index (χ1v) is 2.14. The lowest BCUT2D eigenvalue weighted by molar-refractivity contribution is -0.113. The van der Waals surface area contributed by atoms with E-state index >= 15 is 0 Å². The Morgan fingerprint density at radius 2 is 2.29 bits per heavy atom. The van der Waals surface area contributed by atoms with Gasteiger partial charge in [0.1, 0.15) is 6.26 Å². The second-order valence-corrected chi connectivity index (χ2v) is 1.86. The molecule has 39 valence electrons. The second-order valence-electron chi connectivity index (χ2n) is 1.86. The number of hydrogen-bond donors (Lipinski definition) is 0. The van der Waals surface area contributed by atoms with Gasteiger partial charge in [0.2, 0.25) is 12.0 Å². The van der Waals surface area contributed by atoms with Gasteiger partial charge in [-0.05, 0) is 0 Å². The SMILES string of the molecule is CC1(C)O[C]=CO1. The Balaban J connectivity index is 2.49. The number of hydrogen-bond acceptors (Lipinski definition) is 2. The molecule has 0 aliphatic carbocycles. The van der Waals surface area contributed by atoms with Crippen LogP contribution in [0.1, 0.15) is 13.8 Å². The molecule has 0 atom stereocenters. The van der Waals surface area contributed by atoms with E-state index in [0.29, 0.717) is 0 Å². The summed E-state index contributed by atoms with van der Waals surface area (Å²) in [5.74, 6) is -0.472. The average molecular weight is 99.1 g/mol. The van der Waals surface area contributed by atoms with Crippen molar-refractivity contribution in [2.45, 2.75) is 19.6 Å². The van der Waals surface area contributed by atoms with Gasteiger partial charge in [0.25, 0.3) is 0 Å². The zero-order chi connectivity index (χ0) is 5.33. The third-order valence-corrected chi connectivity index (χ3v) is 0.696. The lowest BCUT2D eigenvalue weighted by Gasteiger charge is -2.15. The summed E-state index contributed by atoms with van der Waals surface area (Å²) < 4.78 is 9.69. The van der Waals surface area contributed by atoms with Gasteiger partial charge in [0, 0.05) is 13.8 Å². The Morgan fingerprint density at radius 1 is 1.57 bits per heavy atom. The van der Waals surface area contributed by atoms with Crippen molar-refractivity contribution in [1.29, 1.82) is 0 Å². The fraction of sp³-hybridized carbons (Fsp3) is 0.600. The molecule has 0 saturated heterocycles. The molecule has 1 radical (unpaired) electrons. The van der Waals surface area contributed by atoms with Gasteiger partial charge in [0.15, 0.2) is 0 Å². The van der Waals surface area contributed by atoms with Crippen LogP contribution in [0.15, 0.2) is 6.26 Å². The lowest BCUT2D eigenvalue weighted by Crippen LogP contribution is -2.18. The van der Waals surface area contributed by atoms with Crippen LogP contribution in [0.4, 0.5) is 0 Å². The molecule has 0 aromatic heterocycles. The summed E-state index contributed by atoms with van der Waals surface area (Å²) in [4.78, 5) is 0. The first-order chi connectivity index (χ1) is 3.21. The van der Waals surface area contributed by atoms with Crippen molar-refractivity contribution in [3.8, 4) is 0 Å². The predicted molar refractivity (Wildman–Crippen MR) is 24.1 cm³/mol. The van der Waals surface area contributed by atoms with E-state index in [4.69, 9.17) is 9.47 Å². The van der Waals surface area contributed by atoms with Crippen LogP contribution in [0, 0.1) is 6.26 Å². The van der Waals surface area contributed by atoms with E-state index < -0.39 is 5.79 Å². The zero-order valence-corrected chi connectivity index (χ0v) is 4.39. The Kier molecular flexibility index (Phi) is 0.741. The van der Waals surface area contributed by atoms with Gasteiger partial charge in [0.05, 0.1) is 0 Å². The van der Waals surface area contributed by atoms with Crippen molar-refractivity contribution in [3.63, 3.8) is 0 Å². The first kappa shape index (κ1) is 4.50. The molecule has 2 heteroatoms. The molecule has 0 fully saturated rings. The lowest BCUT2D eigenvalue weighted by atomic mass is 10.4. The molecule has 0 aromatic carbocycles. The van der Waals surface area contributed by atoms with Crippen molar-refractivity contribution in [2.24, 2.45) is 0 Å². The molecule has 1 heterocycles. The van der Waals surface area contributed by atoms with Gasteiger partial charge < -0.3 is 9.47 Å². The number of ether oxygens (including phenoxy) is 2. The van der Waals surface area contributed by atoms with Gasteiger partial charge in [-0.3, -0.25) is 0 Å². The van der Waals surface area contributed by atoms with E-state index in [1.807, 2.05) is 13.8 Å². The first-order valence-electron chi connectivity index (χ1n) is 2.14. The fourth-order valence-corrected chi connectivity index (χ4v) is 0.356. The maximum atomic E-state index is 4.88. The minimum absolute atomic E-state index is 0.472. The minimum atomic E-state index is -0.472. The molecule has 0 bridgehead atoms. The molecule has 1 aliphatic rings. The largest absolute Gasteiger partial charge is 0.457 e. The van der Waals surface area contributed by atoms with Crippen molar-refractivity contribution < 1.29 is 9.47 Å². The summed E-state index contributed by atoms with van der Waals surface area (Å²) >= 11 is 0. The Hall–Kier alpha value is -0.660. The molecular weight excluding hydrogens is 92.1 g/mol. The second kappa shape index (κ2) is 1.15. The monoisotopic (exact) mass is 99.0 g/mol. The smallest absolute Gasteiger partial charge is 0.245 e. The normalized spacial score (nSPS) is 23.7. The molecule has 2 nitrogen and oxygen atoms in total. The Bertz CT molecular complexity index is 84.3. The highest BCUT2D eigenvalue weighted by molar-refractivity contribution is 4.69. The van der Waals surface area contributed by atoms with E-state index in [2.05, 4.69) is 6.26 Å². The summed E-state index contributed by atoms with van der Waals surface area (Å²) in [6, 6.07) is 0. The van der Waals surface area contributed by atoms with Crippen LogP contribution in [0.2, 0.25) is 0 Å². The van der Waals surface area contributed by atoms with Gasteiger partial charge in [-0.25, -0.2) is 0 Å². The van der Waals surface area contributed by atoms with E-state index in [1.54, 1.807) is 0 Å². The highest BCUT2D eigenvalue weighted by Gasteiger charge is 2.21. The minimum Gasteiger partial charge on any atom is -0.457 e. The van der Waals surface area contributed by atoms with Crippen molar-refractivity contribution in [3.05, 3.63) is 12.5 Å². The van der Waals surface area contributed by atoms with Crippen LogP contribution in [-0.4, -0.2) is 5.79 Å². The highest BCUT2D eigenvalue weighted by Crippen LogP contribution is 2.16. The summed E-state index contributed by atoms with van der Waals surface area (Å²) in [5, 5.41) is 0. The fourth-order valence-electron chi connectivity index (χ4n) is 0.356. The molecule has 0 N–H and O–H groups in total. The summed E-state index contributed by atoms with van der Waals surface area (Å²) in [6.45, 7) is 3.65. The van der Waals surface area contributed by atoms with E-state index in [0.717, 1.165) is 0 Å². The van der Waals surface area contributed by atoms with Crippen LogP contribution in [-0.2, 0) is 9.47 Å². The van der Waals surface area contributed by atoms with E-state index in [1.165, 1.54) is 6.26 Å². The Labute approximate surface area is 42.7 Å². The van der Waals surface area contributed by atoms with Crippen molar-refractivity contribution in [2.75, 3.05) is 0 Å². The molecular formula is C5H7O2. The van der Waals surface area contributed by atoms with E-state index in [9.17, 15) is 0 Å². The van der Waals surface area contributed by atoms with Crippen LogP contribution >= 0.6 is 0 Å². The van der Waals surface area contributed by atoms with Crippen LogP contribution in [0.5, 0.6) is 0 Å². The molecule has 0 saturated carbocycles. The molecule has 0 unspecified atom stereocenters. The third-order valence-electron chi connectivity index (χ3n) is 0.696. The maximum Gasteiger partial charge on any atom is 0.245 e. The zero-order valence-electron chi connectivity index (χ0n) is 4.39. The summed E-state index contributed by atoms with van der Waals surface area (Å²) in [7, 11) is 0. The van der Waals surface area contributed by atoms with Gasteiger partial charge in [-0.15, -0.1) is 0 Å². The van der Waals surface area contributed by atoms with Crippen molar-refractivity contribution >= 4 is 0 Å². The highest BCUT2D eigenvalue weighted by atomic mass is 16.7. The topological polar surface area (TPSA) is 18.5 Å². The van der Waals surface area contributed by atoms with Gasteiger partial charge in [-0.2, -0.15) is 0 Å². The maximum absolute atomic E-state index is 4.88. The molecule has 1 aliphatic heterocycles. The standard InChI is InChI=1S/C5H7O2/c1-5(2)6-3-4-7-5/h3H,1-2H3. The third kappa shape index (κ3) is 0.856. The summed E-state index contributed by atoms with van der Waals surface area (Å²) in [6.07, 6.45) is 3.88. The van der Waals surface area contributed by atoms with Crippen molar-refractivity contribution in [1.82, 2.24) is 0 Å². The number of rotatable bonds is 0. The molecule has 7 heavy (non-hydrogen) atoms. The van der Waals surface area contributed by atoms with Gasteiger partial charge in [-0.1, -0.05) is 0 Å².